The summed E-state index contributed by atoms with van der Waals surface area (Å²) in [5, 5.41) is 0. The van der Waals surface area contributed by atoms with Gasteiger partial charge < -0.3 is 16.2 Å². The van der Waals surface area contributed by atoms with Gasteiger partial charge in [0.2, 0.25) is 5.91 Å². The minimum Gasteiger partial charge on any atom is -0.457 e. The van der Waals surface area contributed by atoms with Gasteiger partial charge in [0.05, 0.1) is 0 Å². The van der Waals surface area contributed by atoms with Crippen LogP contribution in [0, 0.1) is 0 Å². The van der Waals surface area contributed by atoms with Crippen LogP contribution in [-0.4, -0.2) is 5.91 Å². The Hall–Kier alpha value is -1.85. The first-order valence-electron chi connectivity index (χ1n) is 6.10. The molecule has 0 bridgehead atoms. The average molecular weight is 335 g/mol. The van der Waals surface area contributed by atoms with E-state index in [0.29, 0.717) is 17.1 Å². The molecule has 0 unspecified atom stereocenters. The van der Waals surface area contributed by atoms with Gasteiger partial charge in [-0.1, -0.05) is 22.0 Å². The summed E-state index contributed by atoms with van der Waals surface area (Å²) < 4.78 is 6.61. The lowest BCUT2D eigenvalue weighted by atomic mass is 10.1. The van der Waals surface area contributed by atoms with Crippen LogP contribution in [-0.2, 0) is 0 Å². The van der Waals surface area contributed by atoms with Crippen molar-refractivity contribution in [1.29, 1.82) is 0 Å². The van der Waals surface area contributed by atoms with Gasteiger partial charge in [-0.2, -0.15) is 0 Å². The molecule has 0 aromatic heterocycles. The molecule has 1 amide bonds. The van der Waals surface area contributed by atoms with Crippen molar-refractivity contribution in [2.24, 2.45) is 11.5 Å². The number of benzene rings is 2. The molecule has 4 N–H and O–H groups in total. The van der Waals surface area contributed by atoms with Crippen molar-refractivity contribution >= 4 is 21.8 Å². The number of hydrogen-bond acceptors (Lipinski definition) is 3. The Balaban J connectivity index is 2.17. The predicted molar refractivity (Wildman–Crippen MR) is 81.8 cm³/mol. The van der Waals surface area contributed by atoms with Crippen LogP contribution in [0.5, 0.6) is 11.5 Å². The summed E-state index contributed by atoms with van der Waals surface area (Å²) >= 11 is 3.47. The van der Waals surface area contributed by atoms with E-state index in [1.54, 1.807) is 24.3 Å². The van der Waals surface area contributed by atoms with Crippen molar-refractivity contribution in [2.75, 3.05) is 0 Å². The maximum atomic E-state index is 11.0. The topological polar surface area (TPSA) is 78.3 Å². The van der Waals surface area contributed by atoms with Crippen LogP contribution in [0.15, 0.2) is 46.9 Å². The molecule has 0 aliphatic heterocycles. The summed E-state index contributed by atoms with van der Waals surface area (Å²) in [5.74, 6) is 0.865. The van der Waals surface area contributed by atoms with Gasteiger partial charge in [0.15, 0.2) is 0 Å². The minimum absolute atomic E-state index is 0.0479. The van der Waals surface area contributed by atoms with Crippen LogP contribution in [0.2, 0.25) is 0 Å². The first-order valence-corrected chi connectivity index (χ1v) is 6.89. The smallest absolute Gasteiger partial charge is 0.248 e. The lowest BCUT2D eigenvalue weighted by Crippen LogP contribution is -2.10. The zero-order valence-corrected chi connectivity index (χ0v) is 12.6. The number of carbonyl (C=O) groups excluding carboxylic acids is 1. The highest BCUT2D eigenvalue weighted by atomic mass is 79.9. The van der Waals surface area contributed by atoms with E-state index in [0.717, 1.165) is 10.0 Å². The normalized spacial score (nSPS) is 11.9. The number of ether oxygens (including phenoxy) is 1. The van der Waals surface area contributed by atoms with Crippen LogP contribution in [0.1, 0.15) is 28.9 Å². The van der Waals surface area contributed by atoms with Crippen LogP contribution in [0.4, 0.5) is 0 Å². The molecule has 5 heteroatoms. The van der Waals surface area contributed by atoms with E-state index < -0.39 is 5.91 Å². The van der Waals surface area contributed by atoms with Crippen LogP contribution in [0.25, 0.3) is 0 Å². The number of nitrogens with two attached hydrogens (primary N) is 2. The lowest BCUT2D eigenvalue weighted by molar-refractivity contribution is 0.100. The first kappa shape index (κ1) is 14.6. The van der Waals surface area contributed by atoms with Crippen molar-refractivity contribution in [3.8, 4) is 11.5 Å². The van der Waals surface area contributed by atoms with Gasteiger partial charge in [-0.3, -0.25) is 4.79 Å². The molecular formula is C15H15BrN2O2. The monoisotopic (exact) mass is 334 g/mol. The quantitative estimate of drug-likeness (QED) is 0.899. The predicted octanol–water partition coefficient (Wildman–Crippen LogP) is 3.36. The van der Waals surface area contributed by atoms with Gasteiger partial charge in [-0.05, 0) is 48.9 Å². The molecule has 0 saturated heterocycles. The SMILES string of the molecule is C[C@H](N)c1ccc(Oc2ccc(C(N)=O)cc2)cc1Br. The molecule has 0 aliphatic carbocycles. The van der Waals surface area contributed by atoms with Crippen LogP contribution < -0.4 is 16.2 Å². The van der Waals surface area contributed by atoms with Crippen molar-refractivity contribution in [3.63, 3.8) is 0 Å². The van der Waals surface area contributed by atoms with Gasteiger partial charge >= 0.3 is 0 Å². The molecule has 0 aliphatic rings. The molecule has 20 heavy (non-hydrogen) atoms. The highest BCUT2D eigenvalue weighted by Gasteiger charge is 2.07. The van der Waals surface area contributed by atoms with E-state index >= 15 is 0 Å². The van der Waals surface area contributed by atoms with E-state index in [-0.39, 0.29) is 6.04 Å². The van der Waals surface area contributed by atoms with Crippen molar-refractivity contribution in [3.05, 3.63) is 58.1 Å². The molecule has 104 valence electrons. The van der Waals surface area contributed by atoms with E-state index in [9.17, 15) is 4.79 Å². The second-order valence-corrected chi connectivity index (χ2v) is 5.32. The average Bonchev–Trinajstić information content (AvgIpc) is 2.39. The summed E-state index contributed by atoms with van der Waals surface area (Å²) in [6, 6.07) is 12.2. The minimum atomic E-state index is -0.458. The Morgan fingerprint density at radius 2 is 1.75 bits per heavy atom. The van der Waals surface area contributed by atoms with Crippen molar-refractivity contribution < 1.29 is 9.53 Å². The summed E-state index contributed by atoms with van der Waals surface area (Å²) in [5.41, 5.74) is 12.5. The largest absolute Gasteiger partial charge is 0.457 e. The fourth-order valence-corrected chi connectivity index (χ4v) is 2.48. The number of amides is 1. The van der Waals surface area contributed by atoms with Crippen molar-refractivity contribution in [2.45, 2.75) is 13.0 Å². The summed E-state index contributed by atoms with van der Waals surface area (Å²) in [6.45, 7) is 1.92. The maximum Gasteiger partial charge on any atom is 0.248 e. The van der Waals surface area contributed by atoms with Gasteiger partial charge in [0.1, 0.15) is 11.5 Å². The molecule has 4 nitrogen and oxygen atoms in total. The number of rotatable bonds is 4. The molecule has 2 rings (SSSR count). The highest BCUT2D eigenvalue weighted by Crippen LogP contribution is 2.29. The molecule has 0 saturated carbocycles. The first-order chi connectivity index (χ1) is 9.47. The Bertz CT molecular complexity index is 624. The molecular weight excluding hydrogens is 320 g/mol. The second kappa shape index (κ2) is 6.07. The van der Waals surface area contributed by atoms with Gasteiger partial charge in [-0.25, -0.2) is 0 Å². The molecule has 0 heterocycles. The number of primary amides is 1. The highest BCUT2D eigenvalue weighted by molar-refractivity contribution is 9.10. The number of carbonyl (C=O) groups is 1. The number of halogens is 1. The zero-order chi connectivity index (χ0) is 14.7. The van der Waals surface area contributed by atoms with Crippen LogP contribution in [0.3, 0.4) is 0 Å². The summed E-state index contributed by atoms with van der Waals surface area (Å²) in [7, 11) is 0. The molecule has 0 fully saturated rings. The van der Waals surface area contributed by atoms with E-state index in [4.69, 9.17) is 16.2 Å². The van der Waals surface area contributed by atoms with E-state index in [2.05, 4.69) is 15.9 Å². The third-order valence-electron chi connectivity index (χ3n) is 2.84. The third kappa shape index (κ3) is 3.37. The van der Waals surface area contributed by atoms with Crippen molar-refractivity contribution in [1.82, 2.24) is 0 Å². The lowest BCUT2D eigenvalue weighted by Gasteiger charge is -2.11. The number of hydrogen-bond donors (Lipinski definition) is 2. The maximum absolute atomic E-state index is 11.0. The fraction of sp³-hybridized carbons (Fsp3) is 0.133. The van der Waals surface area contributed by atoms with Crippen LogP contribution >= 0.6 is 15.9 Å². The molecule has 0 spiro atoms. The second-order valence-electron chi connectivity index (χ2n) is 4.46. The van der Waals surface area contributed by atoms with Gasteiger partial charge in [-0.15, -0.1) is 0 Å². The Kier molecular flexibility index (Phi) is 4.42. The van der Waals surface area contributed by atoms with Gasteiger partial charge in [0.25, 0.3) is 0 Å². The van der Waals surface area contributed by atoms with E-state index in [1.165, 1.54) is 0 Å². The third-order valence-corrected chi connectivity index (χ3v) is 3.52. The summed E-state index contributed by atoms with van der Waals surface area (Å²) in [6.07, 6.45) is 0. The Morgan fingerprint density at radius 1 is 1.15 bits per heavy atom. The van der Waals surface area contributed by atoms with Gasteiger partial charge in [0, 0.05) is 16.1 Å². The molecule has 1 atom stereocenters. The standard InChI is InChI=1S/C15H15BrN2O2/c1-9(17)13-7-6-12(8-14(13)16)20-11-4-2-10(3-5-11)15(18)19/h2-9H,17H2,1H3,(H2,18,19)/t9-/m0/s1. The molecule has 2 aromatic rings. The Labute approximate surface area is 125 Å². The Morgan fingerprint density at radius 3 is 2.25 bits per heavy atom. The zero-order valence-electron chi connectivity index (χ0n) is 11.0. The van der Waals surface area contributed by atoms with E-state index in [1.807, 2.05) is 25.1 Å². The fourth-order valence-electron chi connectivity index (χ4n) is 1.76. The molecule has 2 aromatic carbocycles. The molecule has 0 radical (unpaired) electrons. The summed E-state index contributed by atoms with van der Waals surface area (Å²) in [4.78, 5) is 11.0.